The Kier molecular flexibility index (Phi) is 4.84. The first-order valence-electron chi connectivity index (χ1n) is 7.90. The van der Waals surface area contributed by atoms with Crippen LogP contribution in [-0.4, -0.2) is 54.7 Å². The van der Waals surface area contributed by atoms with Gasteiger partial charge >= 0.3 is 0 Å². The molecule has 1 amide bonds. The van der Waals surface area contributed by atoms with Crippen molar-refractivity contribution >= 4 is 23.3 Å². The SMILES string of the molecule is C[C@@H]1COCCN1C(=O)C1CCN(c2ccc(Cl)cn2)CC1. The molecule has 1 aromatic heterocycles. The highest BCUT2D eigenvalue weighted by molar-refractivity contribution is 6.30. The van der Waals surface area contributed by atoms with Gasteiger partial charge in [0.15, 0.2) is 0 Å². The van der Waals surface area contributed by atoms with Crippen LogP contribution in [0.2, 0.25) is 5.02 Å². The monoisotopic (exact) mass is 323 g/mol. The van der Waals surface area contributed by atoms with E-state index in [1.807, 2.05) is 17.0 Å². The summed E-state index contributed by atoms with van der Waals surface area (Å²) >= 11 is 5.87. The zero-order valence-electron chi connectivity index (χ0n) is 12.9. The van der Waals surface area contributed by atoms with E-state index in [-0.39, 0.29) is 12.0 Å². The average Bonchev–Trinajstić information content (AvgIpc) is 2.56. The molecular weight excluding hydrogens is 302 g/mol. The van der Waals surface area contributed by atoms with Crippen LogP contribution in [0.25, 0.3) is 0 Å². The number of hydrogen-bond acceptors (Lipinski definition) is 4. The Morgan fingerprint density at radius 1 is 1.32 bits per heavy atom. The van der Waals surface area contributed by atoms with E-state index in [1.165, 1.54) is 0 Å². The molecule has 0 unspecified atom stereocenters. The fraction of sp³-hybridized carbons (Fsp3) is 0.625. The van der Waals surface area contributed by atoms with Gasteiger partial charge in [-0.3, -0.25) is 4.79 Å². The summed E-state index contributed by atoms with van der Waals surface area (Å²) in [5.74, 6) is 1.36. The smallest absolute Gasteiger partial charge is 0.226 e. The molecule has 0 aliphatic carbocycles. The first-order valence-corrected chi connectivity index (χ1v) is 8.27. The maximum atomic E-state index is 12.7. The van der Waals surface area contributed by atoms with E-state index in [4.69, 9.17) is 16.3 Å². The van der Waals surface area contributed by atoms with Gasteiger partial charge in [-0.15, -0.1) is 0 Å². The van der Waals surface area contributed by atoms with E-state index in [1.54, 1.807) is 6.20 Å². The molecule has 2 aliphatic heterocycles. The number of morpholine rings is 1. The second kappa shape index (κ2) is 6.84. The van der Waals surface area contributed by atoms with Gasteiger partial charge < -0.3 is 14.5 Å². The number of hydrogen-bond donors (Lipinski definition) is 0. The van der Waals surface area contributed by atoms with Crippen molar-refractivity contribution in [2.45, 2.75) is 25.8 Å². The maximum absolute atomic E-state index is 12.7. The Bertz CT molecular complexity index is 515. The molecule has 1 atom stereocenters. The Morgan fingerprint density at radius 3 is 2.73 bits per heavy atom. The molecule has 1 aromatic rings. The number of pyridine rings is 1. The molecule has 0 N–H and O–H groups in total. The third-order valence-electron chi connectivity index (χ3n) is 4.53. The molecule has 0 aromatic carbocycles. The molecule has 2 aliphatic rings. The van der Waals surface area contributed by atoms with Gasteiger partial charge in [0.1, 0.15) is 5.82 Å². The van der Waals surface area contributed by atoms with E-state index in [0.29, 0.717) is 24.1 Å². The fourth-order valence-corrected chi connectivity index (χ4v) is 3.31. The minimum absolute atomic E-state index is 0.129. The number of carbonyl (C=O) groups excluding carboxylic acids is 1. The third-order valence-corrected chi connectivity index (χ3v) is 4.75. The second-order valence-corrected chi connectivity index (χ2v) is 6.49. The molecule has 6 heteroatoms. The molecule has 0 spiro atoms. The molecule has 3 rings (SSSR count). The maximum Gasteiger partial charge on any atom is 0.226 e. The lowest BCUT2D eigenvalue weighted by atomic mass is 9.94. The third kappa shape index (κ3) is 3.36. The first kappa shape index (κ1) is 15.6. The predicted octanol–water partition coefficient (Wildman–Crippen LogP) is 2.20. The van der Waals surface area contributed by atoms with Gasteiger partial charge in [0, 0.05) is 31.7 Å². The minimum atomic E-state index is 0.129. The zero-order chi connectivity index (χ0) is 15.5. The molecule has 22 heavy (non-hydrogen) atoms. The van der Waals surface area contributed by atoms with E-state index < -0.39 is 0 Å². The Labute approximate surface area is 136 Å². The Morgan fingerprint density at radius 2 is 2.09 bits per heavy atom. The number of nitrogens with zero attached hydrogens (tertiary/aromatic N) is 3. The van der Waals surface area contributed by atoms with Crippen molar-refractivity contribution in [1.82, 2.24) is 9.88 Å². The lowest BCUT2D eigenvalue weighted by molar-refractivity contribution is -0.144. The van der Waals surface area contributed by atoms with Gasteiger partial charge in [-0.1, -0.05) is 11.6 Å². The van der Waals surface area contributed by atoms with Crippen LogP contribution in [0, 0.1) is 5.92 Å². The molecule has 0 saturated carbocycles. The Balaban J connectivity index is 1.57. The highest BCUT2D eigenvalue weighted by Gasteiger charge is 2.32. The summed E-state index contributed by atoms with van der Waals surface area (Å²) in [4.78, 5) is 21.2. The molecule has 3 heterocycles. The topological polar surface area (TPSA) is 45.7 Å². The highest BCUT2D eigenvalue weighted by Crippen LogP contribution is 2.25. The van der Waals surface area contributed by atoms with Crippen LogP contribution in [0.4, 0.5) is 5.82 Å². The largest absolute Gasteiger partial charge is 0.377 e. The van der Waals surface area contributed by atoms with Crippen LogP contribution in [0.3, 0.4) is 0 Å². The average molecular weight is 324 g/mol. The van der Waals surface area contributed by atoms with Crippen LogP contribution in [0.5, 0.6) is 0 Å². The number of aromatic nitrogens is 1. The number of carbonyl (C=O) groups is 1. The molecule has 2 saturated heterocycles. The van der Waals surface area contributed by atoms with Crippen molar-refractivity contribution in [1.29, 1.82) is 0 Å². The quantitative estimate of drug-likeness (QED) is 0.837. The van der Waals surface area contributed by atoms with Crippen LogP contribution < -0.4 is 4.90 Å². The van der Waals surface area contributed by atoms with Gasteiger partial charge in [-0.25, -0.2) is 4.98 Å². The van der Waals surface area contributed by atoms with Gasteiger partial charge in [-0.05, 0) is 31.9 Å². The van der Waals surface area contributed by atoms with Crippen molar-refractivity contribution in [3.63, 3.8) is 0 Å². The number of piperidine rings is 1. The van der Waals surface area contributed by atoms with E-state index in [9.17, 15) is 4.79 Å². The molecule has 5 nitrogen and oxygen atoms in total. The van der Waals surface area contributed by atoms with Crippen molar-refractivity contribution in [3.05, 3.63) is 23.4 Å². The zero-order valence-corrected chi connectivity index (χ0v) is 13.6. The first-order chi connectivity index (χ1) is 10.6. The van der Waals surface area contributed by atoms with E-state index >= 15 is 0 Å². The van der Waals surface area contributed by atoms with Crippen LogP contribution in [-0.2, 0) is 9.53 Å². The summed E-state index contributed by atoms with van der Waals surface area (Å²) in [7, 11) is 0. The summed E-state index contributed by atoms with van der Waals surface area (Å²) < 4.78 is 5.41. The van der Waals surface area contributed by atoms with Crippen LogP contribution in [0.15, 0.2) is 18.3 Å². The number of ether oxygens (including phenoxy) is 1. The van der Waals surface area contributed by atoms with Gasteiger partial charge in [0.05, 0.1) is 24.3 Å². The van der Waals surface area contributed by atoms with E-state index in [0.717, 1.165) is 38.3 Å². The number of rotatable bonds is 2. The highest BCUT2D eigenvalue weighted by atomic mass is 35.5. The lowest BCUT2D eigenvalue weighted by Gasteiger charge is -2.38. The molecular formula is C16H22ClN3O2. The normalized spacial score (nSPS) is 23.6. The number of amides is 1. The number of halogens is 1. The summed E-state index contributed by atoms with van der Waals surface area (Å²) in [6, 6.07) is 3.99. The van der Waals surface area contributed by atoms with Crippen molar-refractivity contribution in [2.24, 2.45) is 5.92 Å². The summed E-state index contributed by atoms with van der Waals surface area (Å²) in [6.07, 6.45) is 3.43. The fourth-order valence-electron chi connectivity index (χ4n) is 3.20. The minimum Gasteiger partial charge on any atom is -0.377 e. The standard InChI is InChI=1S/C16H22ClN3O2/c1-12-11-22-9-8-20(12)16(21)13-4-6-19(7-5-13)15-3-2-14(17)10-18-15/h2-3,10,12-13H,4-9,11H2,1H3/t12-/m1/s1. The van der Waals surface area contributed by atoms with Gasteiger partial charge in [-0.2, -0.15) is 0 Å². The molecule has 0 radical (unpaired) electrons. The predicted molar refractivity (Wildman–Crippen MR) is 86.2 cm³/mol. The molecule has 120 valence electrons. The van der Waals surface area contributed by atoms with Crippen molar-refractivity contribution in [2.75, 3.05) is 37.7 Å². The van der Waals surface area contributed by atoms with Crippen molar-refractivity contribution < 1.29 is 9.53 Å². The van der Waals surface area contributed by atoms with Gasteiger partial charge in [0.2, 0.25) is 5.91 Å². The van der Waals surface area contributed by atoms with Crippen LogP contribution in [0.1, 0.15) is 19.8 Å². The summed E-state index contributed by atoms with van der Waals surface area (Å²) in [5.41, 5.74) is 0. The number of anilines is 1. The summed E-state index contributed by atoms with van der Waals surface area (Å²) in [6.45, 7) is 5.82. The second-order valence-electron chi connectivity index (χ2n) is 6.05. The molecule has 2 fully saturated rings. The summed E-state index contributed by atoms with van der Waals surface area (Å²) in [5, 5.41) is 0.648. The van der Waals surface area contributed by atoms with Crippen molar-refractivity contribution in [3.8, 4) is 0 Å². The van der Waals surface area contributed by atoms with Crippen LogP contribution >= 0.6 is 11.6 Å². The van der Waals surface area contributed by atoms with Gasteiger partial charge in [0.25, 0.3) is 0 Å². The lowest BCUT2D eigenvalue weighted by Crippen LogP contribution is -2.51. The van der Waals surface area contributed by atoms with E-state index in [2.05, 4.69) is 16.8 Å². The molecule has 0 bridgehead atoms. The Hall–Kier alpha value is -1.33.